The van der Waals surface area contributed by atoms with Crippen LogP contribution in [-0.4, -0.2) is 27.8 Å². The van der Waals surface area contributed by atoms with E-state index < -0.39 is 0 Å². The molecule has 1 aromatic heterocycles. The molecule has 0 saturated heterocycles. The molecular weight excluding hydrogens is 278 g/mol. The molecule has 0 saturated carbocycles. The van der Waals surface area contributed by atoms with Crippen LogP contribution < -0.4 is 5.32 Å². The second-order valence-electron chi connectivity index (χ2n) is 5.21. The van der Waals surface area contributed by atoms with E-state index in [4.69, 9.17) is 0 Å². The Morgan fingerprint density at radius 2 is 2.09 bits per heavy atom. The zero-order chi connectivity index (χ0) is 16.1. The van der Waals surface area contributed by atoms with Crippen molar-refractivity contribution in [3.8, 4) is 0 Å². The lowest BCUT2D eigenvalue weighted by Gasteiger charge is -2.15. The Kier molecular flexibility index (Phi) is 5.09. The first-order valence-corrected chi connectivity index (χ1v) is 7.41. The summed E-state index contributed by atoms with van der Waals surface area (Å²) in [4.78, 5) is 27.8. The van der Waals surface area contributed by atoms with Gasteiger partial charge in [-0.1, -0.05) is 18.2 Å². The zero-order valence-electron chi connectivity index (χ0n) is 13.2. The molecule has 1 N–H and O–H groups in total. The third kappa shape index (κ3) is 3.42. The van der Waals surface area contributed by atoms with E-state index in [-0.39, 0.29) is 17.7 Å². The fourth-order valence-corrected chi connectivity index (χ4v) is 2.39. The highest BCUT2D eigenvalue weighted by atomic mass is 16.1. The lowest BCUT2D eigenvalue weighted by Crippen LogP contribution is -2.25. The second kappa shape index (κ2) is 7.02. The third-order valence-corrected chi connectivity index (χ3v) is 3.61. The minimum Gasteiger partial charge on any atom is -0.352 e. The van der Waals surface area contributed by atoms with E-state index in [1.807, 2.05) is 35.8 Å². The molecule has 116 valence electrons. The summed E-state index contributed by atoms with van der Waals surface area (Å²) < 4.78 is 1.96. The monoisotopic (exact) mass is 299 g/mol. The van der Waals surface area contributed by atoms with Crippen LogP contribution in [0.25, 0.3) is 11.0 Å². The number of allylic oxidation sites excluding steroid dienone is 1. The SMILES string of the molecule is C/C=C/C(=O)NCCc1nc2ccccc2n1C(C)C(C)=O. The van der Waals surface area contributed by atoms with E-state index in [0.29, 0.717) is 13.0 Å². The van der Waals surface area contributed by atoms with Crippen molar-refractivity contribution in [2.45, 2.75) is 33.2 Å². The van der Waals surface area contributed by atoms with E-state index in [1.165, 1.54) is 6.08 Å². The molecule has 1 amide bonds. The lowest BCUT2D eigenvalue weighted by molar-refractivity contribution is -0.119. The van der Waals surface area contributed by atoms with Gasteiger partial charge in [0.05, 0.1) is 17.1 Å². The average Bonchev–Trinajstić information content (AvgIpc) is 2.84. The average molecular weight is 299 g/mol. The van der Waals surface area contributed by atoms with E-state index in [2.05, 4.69) is 10.3 Å². The van der Waals surface area contributed by atoms with E-state index in [1.54, 1.807) is 19.9 Å². The highest BCUT2D eigenvalue weighted by Gasteiger charge is 2.18. The van der Waals surface area contributed by atoms with Crippen molar-refractivity contribution in [2.24, 2.45) is 0 Å². The fraction of sp³-hybridized carbons (Fsp3) is 0.353. The molecule has 2 rings (SSSR count). The summed E-state index contributed by atoms with van der Waals surface area (Å²) in [6.45, 7) is 5.74. The van der Waals surface area contributed by atoms with Gasteiger partial charge in [0, 0.05) is 13.0 Å². The van der Waals surface area contributed by atoms with Gasteiger partial charge in [-0.3, -0.25) is 9.59 Å². The first-order valence-electron chi connectivity index (χ1n) is 7.41. The Labute approximate surface area is 130 Å². The van der Waals surface area contributed by atoms with Gasteiger partial charge in [-0.2, -0.15) is 0 Å². The summed E-state index contributed by atoms with van der Waals surface area (Å²) in [7, 11) is 0. The molecular formula is C17H21N3O2. The van der Waals surface area contributed by atoms with Gasteiger partial charge in [-0.05, 0) is 39.0 Å². The van der Waals surface area contributed by atoms with Gasteiger partial charge in [0.25, 0.3) is 0 Å². The van der Waals surface area contributed by atoms with Gasteiger partial charge in [0.1, 0.15) is 5.82 Å². The van der Waals surface area contributed by atoms with E-state index >= 15 is 0 Å². The minimum atomic E-state index is -0.270. The number of benzene rings is 1. The van der Waals surface area contributed by atoms with Crippen molar-refractivity contribution in [3.05, 3.63) is 42.2 Å². The lowest BCUT2D eigenvalue weighted by atomic mass is 10.2. The maximum atomic E-state index is 11.8. The molecule has 0 aliphatic carbocycles. The van der Waals surface area contributed by atoms with Crippen molar-refractivity contribution in [1.29, 1.82) is 0 Å². The third-order valence-electron chi connectivity index (χ3n) is 3.61. The van der Waals surface area contributed by atoms with Crippen LogP contribution in [-0.2, 0) is 16.0 Å². The number of nitrogens with one attached hydrogen (secondary N) is 1. The predicted octanol–water partition coefficient (Wildman–Crippen LogP) is 2.42. The Morgan fingerprint density at radius 1 is 1.36 bits per heavy atom. The van der Waals surface area contributed by atoms with Crippen LogP contribution >= 0.6 is 0 Å². The number of amides is 1. The molecule has 0 radical (unpaired) electrons. The van der Waals surface area contributed by atoms with Gasteiger partial charge in [-0.25, -0.2) is 4.98 Å². The molecule has 22 heavy (non-hydrogen) atoms. The summed E-state index contributed by atoms with van der Waals surface area (Å²) in [5, 5.41) is 2.81. The van der Waals surface area contributed by atoms with Gasteiger partial charge in [0.2, 0.25) is 5.91 Å². The fourth-order valence-electron chi connectivity index (χ4n) is 2.39. The molecule has 1 unspecified atom stereocenters. The number of hydrogen-bond acceptors (Lipinski definition) is 3. The highest BCUT2D eigenvalue weighted by Crippen LogP contribution is 2.22. The number of fused-ring (bicyclic) bond motifs is 1. The first kappa shape index (κ1) is 15.9. The van der Waals surface area contributed by atoms with Crippen LogP contribution in [0, 0.1) is 0 Å². The maximum absolute atomic E-state index is 11.8. The number of carbonyl (C=O) groups is 2. The highest BCUT2D eigenvalue weighted by molar-refractivity contribution is 5.87. The van der Waals surface area contributed by atoms with Crippen molar-refractivity contribution < 1.29 is 9.59 Å². The summed E-state index contributed by atoms with van der Waals surface area (Å²) in [5.74, 6) is 0.775. The molecule has 0 spiro atoms. The molecule has 0 bridgehead atoms. The molecule has 0 aliphatic heterocycles. The van der Waals surface area contributed by atoms with Crippen molar-refractivity contribution in [1.82, 2.24) is 14.9 Å². The van der Waals surface area contributed by atoms with E-state index in [9.17, 15) is 9.59 Å². The summed E-state index contributed by atoms with van der Waals surface area (Å²) in [6, 6.07) is 7.49. The summed E-state index contributed by atoms with van der Waals surface area (Å²) in [5.41, 5.74) is 1.81. The predicted molar refractivity (Wildman–Crippen MR) is 86.7 cm³/mol. The number of rotatable bonds is 6. The molecule has 2 aromatic rings. The number of Topliss-reactive ketones (excluding diaryl/α,β-unsaturated/α-hetero) is 1. The number of hydrogen-bond donors (Lipinski definition) is 1. The first-order chi connectivity index (χ1) is 10.5. The molecule has 1 heterocycles. The van der Waals surface area contributed by atoms with Crippen LogP contribution in [0.4, 0.5) is 0 Å². The quantitative estimate of drug-likeness (QED) is 0.833. The Balaban J connectivity index is 2.26. The Hall–Kier alpha value is -2.43. The number of para-hydroxylation sites is 2. The largest absolute Gasteiger partial charge is 0.352 e. The summed E-state index contributed by atoms with van der Waals surface area (Å²) >= 11 is 0. The van der Waals surface area contributed by atoms with Crippen molar-refractivity contribution in [3.63, 3.8) is 0 Å². The molecule has 5 nitrogen and oxygen atoms in total. The van der Waals surface area contributed by atoms with Crippen LogP contribution in [0.5, 0.6) is 0 Å². The maximum Gasteiger partial charge on any atom is 0.243 e. The normalized spacial score (nSPS) is 12.7. The summed E-state index contributed by atoms with van der Waals surface area (Å²) in [6.07, 6.45) is 3.76. The van der Waals surface area contributed by atoms with Crippen LogP contribution in [0.1, 0.15) is 32.6 Å². The van der Waals surface area contributed by atoms with Crippen LogP contribution in [0.2, 0.25) is 0 Å². The van der Waals surface area contributed by atoms with Gasteiger partial charge in [-0.15, -0.1) is 0 Å². The van der Waals surface area contributed by atoms with Crippen molar-refractivity contribution >= 4 is 22.7 Å². The molecule has 1 atom stereocenters. The van der Waals surface area contributed by atoms with Gasteiger partial charge >= 0.3 is 0 Å². The number of carbonyl (C=O) groups excluding carboxylic acids is 2. The number of aromatic nitrogens is 2. The zero-order valence-corrected chi connectivity index (χ0v) is 13.2. The number of ketones is 1. The van der Waals surface area contributed by atoms with Gasteiger partial charge in [0.15, 0.2) is 5.78 Å². The van der Waals surface area contributed by atoms with Crippen LogP contribution in [0.3, 0.4) is 0 Å². The molecule has 0 aliphatic rings. The number of nitrogens with zero attached hydrogens (tertiary/aromatic N) is 2. The van der Waals surface area contributed by atoms with E-state index in [0.717, 1.165) is 16.9 Å². The van der Waals surface area contributed by atoms with Crippen molar-refractivity contribution in [2.75, 3.05) is 6.54 Å². The Bertz CT molecular complexity index is 716. The smallest absolute Gasteiger partial charge is 0.243 e. The number of imidazole rings is 1. The molecule has 1 aromatic carbocycles. The van der Waals surface area contributed by atoms with Crippen LogP contribution in [0.15, 0.2) is 36.4 Å². The standard InChI is InChI=1S/C17H21N3O2/c1-4-7-17(22)18-11-10-16-19-14-8-5-6-9-15(14)20(16)12(2)13(3)21/h4-9,12H,10-11H2,1-3H3,(H,18,22)/b7-4+. The Morgan fingerprint density at radius 3 is 2.77 bits per heavy atom. The minimum absolute atomic E-state index is 0.0855. The molecule has 0 fully saturated rings. The topological polar surface area (TPSA) is 64.0 Å². The second-order valence-corrected chi connectivity index (χ2v) is 5.21. The molecule has 5 heteroatoms. The van der Waals surface area contributed by atoms with Gasteiger partial charge < -0.3 is 9.88 Å².